The van der Waals surface area contributed by atoms with Crippen LogP contribution in [0.4, 0.5) is 0 Å². The number of methoxy groups -OCH3 is 1. The minimum absolute atomic E-state index is 0.250. The third-order valence-corrected chi connectivity index (χ3v) is 1.69. The maximum absolute atomic E-state index is 7.58. The standard InChI is InChI=1S/C10H13NO.C2H6O/c1-8-3-5-9(6-4-8)10(11)7-12-2;1-2-3/h3-6,11H,7H2,1-2H3;3H,2H2,1H3. The Kier molecular flexibility index (Phi) is 7.50. The summed E-state index contributed by atoms with van der Waals surface area (Å²) in [7, 11) is 1.60. The topological polar surface area (TPSA) is 53.3 Å². The van der Waals surface area contributed by atoms with Gasteiger partial charge in [-0.1, -0.05) is 29.8 Å². The van der Waals surface area contributed by atoms with E-state index in [9.17, 15) is 0 Å². The second-order valence-electron chi connectivity index (χ2n) is 3.09. The average Bonchev–Trinajstić information content (AvgIpc) is 2.20. The molecule has 1 aromatic carbocycles. The van der Waals surface area contributed by atoms with Crippen LogP contribution in [0.1, 0.15) is 18.1 Å². The zero-order valence-electron chi connectivity index (χ0n) is 9.58. The van der Waals surface area contributed by atoms with Gasteiger partial charge >= 0.3 is 0 Å². The molecular formula is C12H19NO2. The third-order valence-electron chi connectivity index (χ3n) is 1.69. The average molecular weight is 209 g/mol. The van der Waals surface area contributed by atoms with Crippen molar-refractivity contribution in [2.45, 2.75) is 13.8 Å². The smallest absolute Gasteiger partial charge is 0.0883 e. The van der Waals surface area contributed by atoms with Gasteiger partial charge in [0.05, 0.1) is 12.3 Å². The monoisotopic (exact) mass is 209 g/mol. The van der Waals surface area contributed by atoms with Crippen molar-refractivity contribution >= 4 is 5.71 Å². The van der Waals surface area contributed by atoms with Crippen molar-refractivity contribution in [2.24, 2.45) is 0 Å². The van der Waals surface area contributed by atoms with Crippen LogP contribution in [0.15, 0.2) is 24.3 Å². The fraction of sp³-hybridized carbons (Fsp3) is 0.417. The summed E-state index contributed by atoms with van der Waals surface area (Å²) < 4.78 is 4.86. The van der Waals surface area contributed by atoms with Crippen LogP contribution >= 0.6 is 0 Å². The highest BCUT2D eigenvalue weighted by molar-refractivity contribution is 5.99. The lowest BCUT2D eigenvalue weighted by atomic mass is 10.1. The summed E-state index contributed by atoms with van der Waals surface area (Å²) in [5.74, 6) is 0. The molecule has 1 rings (SSSR count). The van der Waals surface area contributed by atoms with Crippen molar-refractivity contribution in [3.63, 3.8) is 0 Å². The number of nitrogens with one attached hydrogen (secondary N) is 1. The van der Waals surface area contributed by atoms with Gasteiger partial charge in [0.2, 0.25) is 0 Å². The van der Waals surface area contributed by atoms with E-state index < -0.39 is 0 Å². The summed E-state index contributed by atoms with van der Waals surface area (Å²) in [4.78, 5) is 0. The predicted octanol–water partition coefficient (Wildman–Crippen LogP) is 2.01. The lowest BCUT2D eigenvalue weighted by molar-refractivity contribution is 0.245. The largest absolute Gasteiger partial charge is 0.397 e. The molecule has 0 saturated carbocycles. The Balaban J connectivity index is 0.000000583. The van der Waals surface area contributed by atoms with E-state index in [-0.39, 0.29) is 6.61 Å². The normalized spacial score (nSPS) is 9.07. The second kappa shape index (κ2) is 8.15. The number of aliphatic hydroxyl groups is 1. The molecular weight excluding hydrogens is 190 g/mol. The van der Waals surface area contributed by atoms with Crippen molar-refractivity contribution in [1.82, 2.24) is 0 Å². The first-order valence-corrected chi connectivity index (χ1v) is 4.90. The number of aliphatic hydroxyl groups excluding tert-OH is 1. The minimum Gasteiger partial charge on any atom is -0.397 e. The van der Waals surface area contributed by atoms with E-state index in [0.717, 1.165) is 5.56 Å². The molecule has 0 atom stereocenters. The molecule has 1 aromatic rings. The van der Waals surface area contributed by atoms with Gasteiger partial charge in [-0.15, -0.1) is 0 Å². The summed E-state index contributed by atoms with van der Waals surface area (Å²) in [6, 6.07) is 7.88. The van der Waals surface area contributed by atoms with Crippen LogP contribution in [0.5, 0.6) is 0 Å². The molecule has 0 radical (unpaired) electrons. The number of hydrogen-bond acceptors (Lipinski definition) is 3. The molecule has 0 fully saturated rings. The third kappa shape index (κ3) is 5.99. The van der Waals surface area contributed by atoms with E-state index in [4.69, 9.17) is 15.3 Å². The Morgan fingerprint density at radius 3 is 2.20 bits per heavy atom. The van der Waals surface area contributed by atoms with Crippen molar-refractivity contribution in [1.29, 1.82) is 5.41 Å². The highest BCUT2D eigenvalue weighted by Crippen LogP contribution is 2.03. The molecule has 0 bridgehead atoms. The number of benzene rings is 1. The predicted molar refractivity (Wildman–Crippen MR) is 62.6 cm³/mol. The highest BCUT2D eigenvalue weighted by Gasteiger charge is 1.98. The first kappa shape index (κ1) is 13.8. The Morgan fingerprint density at radius 2 is 1.80 bits per heavy atom. The summed E-state index contributed by atoms with van der Waals surface area (Å²) in [5.41, 5.74) is 2.67. The van der Waals surface area contributed by atoms with E-state index in [2.05, 4.69) is 0 Å². The Bertz CT molecular complexity index is 280. The molecule has 0 aliphatic heterocycles. The van der Waals surface area contributed by atoms with Gasteiger partial charge in [-0.2, -0.15) is 0 Å². The molecule has 0 saturated heterocycles. The summed E-state index contributed by atoms with van der Waals surface area (Å²) in [5, 5.41) is 15.1. The van der Waals surface area contributed by atoms with Gasteiger partial charge in [0.25, 0.3) is 0 Å². The number of ether oxygens (including phenoxy) is 1. The lowest BCUT2D eigenvalue weighted by Crippen LogP contribution is -2.06. The molecule has 2 N–H and O–H groups in total. The van der Waals surface area contributed by atoms with Gasteiger partial charge in [0, 0.05) is 13.7 Å². The first-order valence-electron chi connectivity index (χ1n) is 4.90. The van der Waals surface area contributed by atoms with E-state index in [1.807, 2.05) is 31.2 Å². The number of rotatable bonds is 3. The molecule has 0 aliphatic carbocycles. The molecule has 0 spiro atoms. The molecule has 0 aromatic heterocycles. The summed E-state index contributed by atoms with van der Waals surface area (Å²) in [6.45, 7) is 4.34. The Morgan fingerprint density at radius 1 is 1.33 bits per heavy atom. The van der Waals surface area contributed by atoms with Crippen LogP contribution in [0.2, 0.25) is 0 Å². The zero-order chi connectivity index (χ0) is 11.7. The van der Waals surface area contributed by atoms with Crippen molar-refractivity contribution in [3.8, 4) is 0 Å². The van der Waals surface area contributed by atoms with Gasteiger partial charge in [-0.3, -0.25) is 0 Å². The van der Waals surface area contributed by atoms with Crippen LogP contribution in [-0.2, 0) is 4.74 Å². The van der Waals surface area contributed by atoms with Gasteiger partial charge < -0.3 is 15.3 Å². The van der Waals surface area contributed by atoms with Crippen LogP contribution in [-0.4, -0.2) is 31.1 Å². The van der Waals surface area contributed by atoms with E-state index in [1.54, 1.807) is 14.0 Å². The number of hydrogen-bond donors (Lipinski definition) is 2. The fourth-order valence-corrected chi connectivity index (χ4v) is 0.982. The lowest BCUT2D eigenvalue weighted by Gasteiger charge is -2.02. The SMILES string of the molecule is CCO.COCC(=N)c1ccc(C)cc1. The van der Waals surface area contributed by atoms with Crippen LogP contribution in [0, 0.1) is 12.3 Å². The molecule has 0 unspecified atom stereocenters. The van der Waals surface area contributed by atoms with Gasteiger partial charge in [-0.05, 0) is 19.4 Å². The Labute approximate surface area is 91.2 Å². The maximum atomic E-state index is 7.58. The molecule has 84 valence electrons. The van der Waals surface area contributed by atoms with E-state index in [1.165, 1.54) is 5.56 Å². The van der Waals surface area contributed by atoms with E-state index >= 15 is 0 Å². The molecule has 15 heavy (non-hydrogen) atoms. The summed E-state index contributed by atoms with van der Waals surface area (Å²) in [6.07, 6.45) is 0. The maximum Gasteiger partial charge on any atom is 0.0883 e. The van der Waals surface area contributed by atoms with Crippen LogP contribution in [0.25, 0.3) is 0 Å². The Hall–Kier alpha value is -1.19. The highest BCUT2D eigenvalue weighted by atomic mass is 16.5. The molecule has 3 nitrogen and oxygen atoms in total. The first-order chi connectivity index (χ1) is 7.15. The van der Waals surface area contributed by atoms with Crippen molar-refractivity contribution < 1.29 is 9.84 Å². The fourth-order valence-electron chi connectivity index (χ4n) is 0.982. The second-order valence-corrected chi connectivity index (χ2v) is 3.09. The van der Waals surface area contributed by atoms with Crippen LogP contribution < -0.4 is 0 Å². The summed E-state index contributed by atoms with van der Waals surface area (Å²) >= 11 is 0. The molecule has 0 aliphatic rings. The minimum atomic E-state index is 0.250. The molecule has 0 heterocycles. The molecule has 0 amide bonds. The van der Waals surface area contributed by atoms with E-state index in [0.29, 0.717) is 12.3 Å². The quantitative estimate of drug-likeness (QED) is 0.748. The van der Waals surface area contributed by atoms with Crippen LogP contribution in [0.3, 0.4) is 0 Å². The van der Waals surface area contributed by atoms with Gasteiger partial charge in [0.1, 0.15) is 0 Å². The zero-order valence-corrected chi connectivity index (χ0v) is 9.58. The van der Waals surface area contributed by atoms with Gasteiger partial charge in [-0.25, -0.2) is 0 Å². The molecule has 3 heteroatoms. The van der Waals surface area contributed by atoms with Crippen molar-refractivity contribution in [3.05, 3.63) is 35.4 Å². The number of aryl methyl sites for hydroxylation is 1. The van der Waals surface area contributed by atoms with Gasteiger partial charge in [0.15, 0.2) is 0 Å². The van der Waals surface area contributed by atoms with Crippen molar-refractivity contribution in [2.75, 3.05) is 20.3 Å².